The molecule has 2 aliphatic heterocycles. The van der Waals surface area contributed by atoms with Crippen molar-refractivity contribution in [1.82, 2.24) is 15.1 Å². The Labute approximate surface area is 232 Å². The van der Waals surface area contributed by atoms with Gasteiger partial charge in [-0.15, -0.1) is 0 Å². The second kappa shape index (κ2) is 13.7. The van der Waals surface area contributed by atoms with E-state index in [1.165, 1.54) is 26.3 Å². The van der Waals surface area contributed by atoms with Gasteiger partial charge in [-0.2, -0.15) is 0 Å². The molecule has 1 aliphatic carbocycles. The highest BCUT2D eigenvalue weighted by molar-refractivity contribution is 6.01. The van der Waals surface area contributed by atoms with Crippen molar-refractivity contribution < 1.29 is 19.2 Å². The molecule has 39 heavy (non-hydrogen) atoms. The molecular formula is C31H42N4O4. The lowest BCUT2D eigenvalue weighted by atomic mass is 9.83. The number of hydrogen-bond donors (Lipinski definition) is 2. The number of nitrogens with one attached hydrogen (secondary N) is 1. The third-order valence-corrected chi connectivity index (χ3v) is 8.75. The Morgan fingerprint density at radius 2 is 1.90 bits per heavy atom. The molecular weight excluding hydrogens is 492 g/mol. The van der Waals surface area contributed by atoms with Crippen LogP contribution >= 0.6 is 0 Å². The topological polar surface area (TPSA) is 113 Å². The largest absolute Gasteiger partial charge is 0.357 e. The quantitative estimate of drug-likeness (QED) is 0.374. The van der Waals surface area contributed by atoms with Crippen molar-refractivity contribution in [1.29, 1.82) is 0 Å². The zero-order valence-electron chi connectivity index (χ0n) is 23.1. The van der Waals surface area contributed by atoms with Crippen molar-refractivity contribution in [3.05, 3.63) is 34.9 Å². The van der Waals surface area contributed by atoms with Gasteiger partial charge in [-0.3, -0.25) is 14.4 Å². The Morgan fingerprint density at radius 3 is 2.59 bits per heavy atom. The van der Waals surface area contributed by atoms with Crippen LogP contribution in [0.2, 0.25) is 0 Å². The molecule has 8 nitrogen and oxygen atoms in total. The van der Waals surface area contributed by atoms with Crippen LogP contribution in [0.4, 0.5) is 0 Å². The highest BCUT2D eigenvalue weighted by Crippen LogP contribution is 2.30. The number of likely N-dealkylation sites (tertiary alicyclic amines) is 1. The third kappa shape index (κ3) is 6.88. The maximum atomic E-state index is 13.1. The zero-order valence-corrected chi connectivity index (χ0v) is 23.1. The number of amides is 3. The molecule has 4 rings (SSSR count). The van der Waals surface area contributed by atoms with Crippen LogP contribution in [0.25, 0.3) is 0 Å². The second-order valence-corrected chi connectivity index (χ2v) is 11.2. The van der Waals surface area contributed by atoms with Crippen LogP contribution in [-0.2, 0) is 20.9 Å². The molecule has 1 saturated carbocycles. The summed E-state index contributed by atoms with van der Waals surface area (Å²) >= 11 is 0. The van der Waals surface area contributed by atoms with Crippen LogP contribution < -0.4 is 11.1 Å². The predicted octanol–water partition coefficient (Wildman–Crippen LogP) is 3.01. The molecule has 1 aromatic rings. The number of carbonyl (C=O) groups excluding carboxylic acids is 4. The number of carbonyl (C=O) groups is 4. The third-order valence-electron chi connectivity index (χ3n) is 8.75. The van der Waals surface area contributed by atoms with Gasteiger partial charge in [-0.25, -0.2) is 0 Å². The standard InChI is InChI=1S/C31H42N4O4/c1-33-29(37)27(15-8-20-36)35-21-26-23(13-7-14-25(26)30(35)38)10-6-5-9-22-16-18-34(19-17-22)31(39)28(32)24-11-3-2-4-12-24/h7,13-14,20,22,24,27-28H,2-5,8-9,11-12,15-19,21,32H2,1H3,(H,33,37). The first-order valence-electron chi connectivity index (χ1n) is 14.6. The molecule has 2 atom stereocenters. The lowest BCUT2D eigenvalue weighted by molar-refractivity contribution is -0.135. The number of hydrogen-bond acceptors (Lipinski definition) is 5. The minimum atomic E-state index is -0.684. The zero-order chi connectivity index (χ0) is 27.8. The van der Waals surface area contributed by atoms with Gasteiger partial charge in [0.2, 0.25) is 11.8 Å². The van der Waals surface area contributed by atoms with Crippen LogP contribution in [0.5, 0.6) is 0 Å². The van der Waals surface area contributed by atoms with E-state index in [9.17, 15) is 19.2 Å². The smallest absolute Gasteiger partial charge is 0.255 e. The number of nitrogens with two attached hydrogens (primary N) is 1. The minimum Gasteiger partial charge on any atom is -0.357 e. The van der Waals surface area contributed by atoms with Crippen molar-refractivity contribution in [3.8, 4) is 11.8 Å². The molecule has 3 N–H and O–H groups in total. The summed E-state index contributed by atoms with van der Waals surface area (Å²) in [6, 6.07) is 4.49. The summed E-state index contributed by atoms with van der Waals surface area (Å²) in [7, 11) is 1.54. The van der Waals surface area contributed by atoms with Gasteiger partial charge in [0.05, 0.1) is 6.04 Å². The van der Waals surface area contributed by atoms with Crippen molar-refractivity contribution >= 4 is 24.0 Å². The molecule has 0 radical (unpaired) electrons. The van der Waals surface area contributed by atoms with E-state index in [-0.39, 0.29) is 30.2 Å². The highest BCUT2D eigenvalue weighted by atomic mass is 16.2. The van der Waals surface area contributed by atoms with E-state index in [2.05, 4.69) is 17.2 Å². The molecule has 210 valence electrons. The number of piperidine rings is 1. The molecule has 2 unspecified atom stereocenters. The van der Waals surface area contributed by atoms with Crippen molar-refractivity contribution in [2.24, 2.45) is 17.6 Å². The lowest BCUT2D eigenvalue weighted by Crippen LogP contribution is -2.50. The normalized spacial score (nSPS) is 19.6. The second-order valence-electron chi connectivity index (χ2n) is 11.2. The summed E-state index contributed by atoms with van der Waals surface area (Å²) in [4.78, 5) is 52.9. The molecule has 0 bridgehead atoms. The summed E-state index contributed by atoms with van der Waals surface area (Å²) in [5.74, 6) is 7.10. The van der Waals surface area contributed by atoms with Crippen LogP contribution in [0.3, 0.4) is 0 Å². The average molecular weight is 535 g/mol. The van der Waals surface area contributed by atoms with Gasteiger partial charge in [0.15, 0.2) is 0 Å². The van der Waals surface area contributed by atoms with Gasteiger partial charge >= 0.3 is 0 Å². The Bertz CT molecular complexity index is 1110. The fourth-order valence-electron chi connectivity index (χ4n) is 6.33. The first kappa shape index (κ1) is 28.8. The van der Waals surface area contributed by atoms with E-state index in [1.807, 2.05) is 17.0 Å². The maximum absolute atomic E-state index is 13.1. The molecule has 0 spiro atoms. The average Bonchev–Trinajstić information content (AvgIpc) is 3.32. The summed E-state index contributed by atoms with van der Waals surface area (Å²) in [5.41, 5.74) is 8.59. The fourth-order valence-corrected chi connectivity index (χ4v) is 6.33. The van der Waals surface area contributed by atoms with Crippen LogP contribution in [-0.4, -0.2) is 66.0 Å². The molecule has 1 aromatic carbocycles. The highest BCUT2D eigenvalue weighted by Gasteiger charge is 2.37. The van der Waals surface area contributed by atoms with E-state index >= 15 is 0 Å². The van der Waals surface area contributed by atoms with Crippen molar-refractivity contribution in [3.63, 3.8) is 0 Å². The summed E-state index contributed by atoms with van der Waals surface area (Å²) in [6.07, 6.45) is 10.8. The van der Waals surface area contributed by atoms with E-state index < -0.39 is 6.04 Å². The van der Waals surface area contributed by atoms with Gasteiger partial charge < -0.3 is 25.6 Å². The van der Waals surface area contributed by atoms with Gasteiger partial charge in [-0.1, -0.05) is 37.2 Å². The van der Waals surface area contributed by atoms with Crippen LogP contribution in [0.15, 0.2) is 18.2 Å². The first-order chi connectivity index (χ1) is 18.9. The molecule has 2 fully saturated rings. The fraction of sp³-hybridized carbons (Fsp3) is 0.613. The van der Waals surface area contributed by atoms with E-state index in [1.54, 1.807) is 11.0 Å². The van der Waals surface area contributed by atoms with Crippen molar-refractivity contribution in [2.45, 2.75) is 89.3 Å². The number of aldehydes is 1. The number of likely N-dealkylation sites (N-methyl/N-ethyl adjacent to an activating group) is 1. The molecule has 8 heteroatoms. The summed E-state index contributed by atoms with van der Waals surface area (Å²) in [5, 5.41) is 2.61. The molecule has 3 amide bonds. The first-order valence-corrected chi connectivity index (χ1v) is 14.6. The Morgan fingerprint density at radius 1 is 1.15 bits per heavy atom. The van der Waals surface area contributed by atoms with Gasteiger partial charge in [0.1, 0.15) is 12.3 Å². The number of benzene rings is 1. The van der Waals surface area contributed by atoms with Gasteiger partial charge in [0.25, 0.3) is 5.91 Å². The van der Waals surface area contributed by atoms with E-state index in [4.69, 9.17) is 5.73 Å². The van der Waals surface area contributed by atoms with Crippen LogP contribution in [0, 0.1) is 23.7 Å². The molecule has 0 aromatic heterocycles. The van der Waals surface area contributed by atoms with Gasteiger partial charge in [0, 0.05) is 50.7 Å². The number of nitrogens with zero attached hydrogens (tertiary/aromatic N) is 2. The van der Waals surface area contributed by atoms with Crippen LogP contribution in [0.1, 0.15) is 92.1 Å². The SMILES string of the molecule is CNC(=O)C(CCC=O)N1Cc2c(C#CCCC3CCN(C(=O)C(N)C4CCCCC4)CC3)cccc2C1=O. The lowest BCUT2D eigenvalue weighted by Gasteiger charge is -2.36. The summed E-state index contributed by atoms with van der Waals surface area (Å²) < 4.78 is 0. The maximum Gasteiger partial charge on any atom is 0.255 e. The minimum absolute atomic E-state index is 0.131. The predicted molar refractivity (Wildman–Crippen MR) is 149 cm³/mol. The Balaban J connectivity index is 1.29. The number of fused-ring (bicyclic) bond motifs is 1. The molecule has 2 heterocycles. The summed E-state index contributed by atoms with van der Waals surface area (Å²) in [6.45, 7) is 1.86. The molecule has 1 saturated heterocycles. The van der Waals surface area contributed by atoms with Crippen molar-refractivity contribution in [2.75, 3.05) is 20.1 Å². The van der Waals surface area contributed by atoms with E-state index in [0.29, 0.717) is 30.4 Å². The monoisotopic (exact) mass is 534 g/mol. The number of rotatable bonds is 9. The molecule has 3 aliphatic rings. The van der Waals surface area contributed by atoms with E-state index in [0.717, 1.165) is 69.0 Å². The Hall–Kier alpha value is -3.18. The Kier molecular flexibility index (Phi) is 10.2. The van der Waals surface area contributed by atoms with Gasteiger partial charge in [-0.05, 0) is 68.1 Å².